The highest BCUT2D eigenvalue weighted by atomic mass is 16.1. The van der Waals surface area contributed by atoms with Crippen LogP contribution >= 0.6 is 0 Å². The molecule has 0 saturated carbocycles. The molecule has 1 fully saturated rings. The maximum absolute atomic E-state index is 10.5. The predicted molar refractivity (Wildman–Crippen MR) is 34.6 cm³/mol. The first-order valence-electron chi connectivity index (χ1n) is 3.06. The fourth-order valence-electron chi connectivity index (χ4n) is 0.973. The van der Waals surface area contributed by atoms with Crippen LogP contribution in [0.4, 0.5) is 0 Å². The van der Waals surface area contributed by atoms with Gasteiger partial charge in [0.05, 0.1) is 0 Å². The molecule has 0 aromatic heterocycles. The summed E-state index contributed by atoms with van der Waals surface area (Å²) in [6.45, 7) is 0. The Morgan fingerprint density at radius 3 is 3.11 bits per heavy atom. The van der Waals surface area contributed by atoms with Crippen molar-refractivity contribution in [3.63, 3.8) is 0 Å². The fraction of sp³-hybridized carbons (Fsp3) is 0.571. The molecule has 1 N–H and O–H groups in total. The predicted octanol–water partition coefficient (Wildman–Crippen LogP) is 0.288. The summed E-state index contributed by atoms with van der Waals surface area (Å²) in [5.41, 5.74) is 0. The molecule has 1 aliphatic heterocycles. The summed E-state index contributed by atoms with van der Waals surface area (Å²) in [4.78, 5) is 10.5. The van der Waals surface area contributed by atoms with Gasteiger partial charge in [0.1, 0.15) is 0 Å². The van der Waals surface area contributed by atoms with Crippen molar-refractivity contribution in [2.45, 2.75) is 25.3 Å². The number of nitrogens with one attached hydrogen (secondary N) is 1. The third-order valence-electron chi connectivity index (χ3n) is 1.45. The van der Waals surface area contributed by atoms with Gasteiger partial charge in [-0.2, -0.15) is 0 Å². The molecule has 0 spiro atoms. The van der Waals surface area contributed by atoms with Crippen LogP contribution in [0.5, 0.6) is 0 Å². The van der Waals surface area contributed by atoms with Crippen LogP contribution in [-0.4, -0.2) is 11.9 Å². The highest BCUT2D eigenvalue weighted by molar-refractivity contribution is 5.78. The molecule has 1 saturated heterocycles. The van der Waals surface area contributed by atoms with Crippen LogP contribution in [0.1, 0.15) is 19.3 Å². The Morgan fingerprint density at radius 1 is 1.89 bits per heavy atom. The SMILES string of the molecule is C#CCC1CCC(=O)N1. The van der Waals surface area contributed by atoms with Gasteiger partial charge in [0, 0.05) is 18.9 Å². The highest BCUT2D eigenvalue weighted by Gasteiger charge is 2.18. The Morgan fingerprint density at radius 2 is 2.67 bits per heavy atom. The summed E-state index contributed by atoms with van der Waals surface area (Å²) >= 11 is 0. The second-order valence-corrected chi connectivity index (χ2v) is 2.21. The Balaban J connectivity index is 2.32. The molecule has 1 heterocycles. The van der Waals surface area contributed by atoms with E-state index in [9.17, 15) is 4.79 Å². The number of terminal acetylenes is 1. The lowest BCUT2D eigenvalue weighted by Crippen LogP contribution is -2.24. The average Bonchev–Trinajstić information content (AvgIpc) is 2.17. The van der Waals surface area contributed by atoms with Gasteiger partial charge in [-0.3, -0.25) is 4.79 Å². The zero-order valence-electron chi connectivity index (χ0n) is 5.18. The number of amides is 1. The number of hydrogen-bond donors (Lipinski definition) is 1. The Labute approximate surface area is 54.6 Å². The maximum Gasteiger partial charge on any atom is 0.220 e. The van der Waals surface area contributed by atoms with Gasteiger partial charge in [0.25, 0.3) is 0 Å². The van der Waals surface area contributed by atoms with Crippen LogP contribution in [0.15, 0.2) is 0 Å². The molecule has 1 amide bonds. The second-order valence-electron chi connectivity index (χ2n) is 2.21. The van der Waals surface area contributed by atoms with Crippen LogP contribution in [0.25, 0.3) is 0 Å². The first kappa shape index (κ1) is 6.15. The van der Waals surface area contributed by atoms with Gasteiger partial charge in [0.15, 0.2) is 0 Å². The molecular weight excluding hydrogens is 114 g/mol. The molecule has 1 rings (SSSR count). The first-order chi connectivity index (χ1) is 4.33. The number of rotatable bonds is 1. The zero-order valence-corrected chi connectivity index (χ0v) is 5.18. The van der Waals surface area contributed by atoms with E-state index >= 15 is 0 Å². The number of hydrogen-bond acceptors (Lipinski definition) is 1. The van der Waals surface area contributed by atoms with Crippen LogP contribution in [0.3, 0.4) is 0 Å². The second kappa shape index (κ2) is 2.54. The van der Waals surface area contributed by atoms with Crippen molar-refractivity contribution in [2.75, 3.05) is 0 Å². The van der Waals surface area contributed by atoms with Crippen molar-refractivity contribution in [2.24, 2.45) is 0 Å². The average molecular weight is 123 g/mol. The monoisotopic (exact) mass is 123 g/mol. The van der Waals surface area contributed by atoms with Crippen molar-refractivity contribution in [3.05, 3.63) is 0 Å². The Bertz CT molecular complexity index is 157. The van der Waals surface area contributed by atoms with E-state index < -0.39 is 0 Å². The molecule has 2 heteroatoms. The molecule has 0 radical (unpaired) electrons. The van der Waals surface area contributed by atoms with Crippen LogP contribution < -0.4 is 5.32 Å². The normalized spacial score (nSPS) is 25.2. The quantitative estimate of drug-likeness (QED) is 0.499. The minimum Gasteiger partial charge on any atom is -0.352 e. The summed E-state index contributed by atoms with van der Waals surface area (Å²) in [6.07, 6.45) is 7.28. The minimum atomic E-state index is 0.134. The molecule has 2 nitrogen and oxygen atoms in total. The van der Waals surface area contributed by atoms with E-state index in [4.69, 9.17) is 6.42 Å². The molecular formula is C7H9NO. The lowest BCUT2D eigenvalue weighted by atomic mass is 10.2. The van der Waals surface area contributed by atoms with Crippen molar-refractivity contribution in [1.29, 1.82) is 0 Å². The van der Waals surface area contributed by atoms with E-state index in [1.165, 1.54) is 0 Å². The first-order valence-corrected chi connectivity index (χ1v) is 3.06. The van der Waals surface area contributed by atoms with E-state index in [0.717, 1.165) is 6.42 Å². The molecule has 0 aliphatic carbocycles. The maximum atomic E-state index is 10.5. The topological polar surface area (TPSA) is 29.1 Å². The lowest BCUT2D eigenvalue weighted by molar-refractivity contribution is -0.119. The zero-order chi connectivity index (χ0) is 6.69. The molecule has 48 valence electrons. The van der Waals surface area contributed by atoms with E-state index in [-0.39, 0.29) is 11.9 Å². The van der Waals surface area contributed by atoms with Crippen LogP contribution in [0.2, 0.25) is 0 Å². The lowest BCUT2D eigenvalue weighted by Gasteiger charge is -2.01. The van der Waals surface area contributed by atoms with Gasteiger partial charge in [-0.1, -0.05) is 0 Å². The molecule has 1 atom stereocenters. The third-order valence-corrected chi connectivity index (χ3v) is 1.45. The van der Waals surface area contributed by atoms with Crippen molar-refractivity contribution in [3.8, 4) is 12.3 Å². The molecule has 0 aromatic rings. The van der Waals surface area contributed by atoms with Crippen molar-refractivity contribution < 1.29 is 4.79 Å². The Hall–Kier alpha value is -0.970. The summed E-state index contributed by atoms with van der Waals surface area (Å²) in [5, 5.41) is 2.77. The standard InChI is InChI=1S/C7H9NO/c1-2-3-6-4-5-7(9)8-6/h1,6H,3-5H2,(H,8,9). The summed E-state index contributed by atoms with van der Waals surface area (Å²) in [6, 6.07) is 0.252. The van der Waals surface area contributed by atoms with Crippen LogP contribution in [-0.2, 0) is 4.79 Å². The fourth-order valence-corrected chi connectivity index (χ4v) is 0.973. The van der Waals surface area contributed by atoms with Gasteiger partial charge in [-0.05, 0) is 6.42 Å². The number of carbonyl (C=O) groups excluding carboxylic acids is 1. The Kier molecular flexibility index (Phi) is 1.74. The molecule has 0 bridgehead atoms. The van der Waals surface area contributed by atoms with Gasteiger partial charge in [0.2, 0.25) is 5.91 Å². The summed E-state index contributed by atoms with van der Waals surface area (Å²) in [7, 11) is 0. The van der Waals surface area contributed by atoms with Crippen molar-refractivity contribution in [1.82, 2.24) is 5.32 Å². The van der Waals surface area contributed by atoms with Crippen LogP contribution in [0, 0.1) is 12.3 Å². The van der Waals surface area contributed by atoms with Gasteiger partial charge < -0.3 is 5.32 Å². The highest BCUT2D eigenvalue weighted by Crippen LogP contribution is 2.08. The number of carbonyl (C=O) groups is 1. The van der Waals surface area contributed by atoms with E-state index in [1.807, 2.05) is 0 Å². The smallest absolute Gasteiger partial charge is 0.220 e. The summed E-state index contributed by atoms with van der Waals surface area (Å²) in [5.74, 6) is 2.65. The summed E-state index contributed by atoms with van der Waals surface area (Å²) < 4.78 is 0. The molecule has 1 aliphatic rings. The molecule has 9 heavy (non-hydrogen) atoms. The third kappa shape index (κ3) is 1.46. The van der Waals surface area contributed by atoms with Gasteiger partial charge in [-0.15, -0.1) is 12.3 Å². The van der Waals surface area contributed by atoms with E-state index in [1.54, 1.807) is 0 Å². The largest absolute Gasteiger partial charge is 0.352 e. The van der Waals surface area contributed by atoms with Gasteiger partial charge >= 0.3 is 0 Å². The molecule has 0 aromatic carbocycles. The van der Waals surface area contributed by atoms with E-state index in [2.05, 4.69) is 11.2 Å². The van der Waals surface area contributed by atoms with Crippen molar-refractivity contribution >= 4 is 5.91 Å². The van der Waals surface area contributed by atoms with E-state index in [0.29, 0.717) is 12.8 Å². The minimum absolute atomic E-state index is 0.134. The van der Waals surface area contributed by atoms with Gasteiger partial charge in [-0.25, -0.2) is 0 Å². The molecule has 1 unspecified atom stereocenters.